The summed E-state index contributed by atoms with van der Waals surface area (Å²) >= 11 is 0. The maximum absolute atomic E-state index is 13.2. The van der Waals surface area contributed by atoms with Crippen LogP contribution in [0.25, 0.3) is 0 Å². The lowest BCUT2D eigenvalue weighted by molar-refractivity contribution is -0.141. The maximum Gasteiger partial charge on any atom is 0.306 e. The van der Waals surface area contributed by atoms with Crippen molar-refractivity contribution < 1.29 is 18.7 Å². The van der Waals surface area contributed by atoms with Gasteiger partial charge in [-0.2, -0.15) is 0 Å². The highest BCUT2D eigenvalue weighted by molar-refractivity contribution is 5.69. The summed E-state index contributed by atoms with van der Waals surface area (Å²) in [7, 11) is 0. The predicted octanol–water partition coefficient (Wildman–Crippen LogP) is 2.21. The fraction of sp³-hybridized carbons (Fsp3) is 0.462. The van der Waals surface area contributed by atoms with Crippen molar-refractivity contribution in [1.29, 1.82) is 0 Å². The third-order valence-corrected chi connectivity index (χ3v) is 2.76. The molecule has 1 atom stereocenters. The molecule has 0 saturated carbocycles. The molecule has 0 fully saturated rings. The first-order chi connectivity index (χ1) is 8.50. The van der Waals surface area contributed by atoms with E-state index in [4.69, 9.17) is 5.11 Å². The molecule has 1 aromatic carbocycles. The van der Waals surface area contributed by atoms with Gasteiger partial charge in [-0.1, -0.05) is 13.0 Å². The Morgan fingerprint density at radius 2 is 2.11 bits per heavy atom. The normalized spacial score (nSPS) is 12.4. The molecule has 0 saturated heterocycles. The summed E-state index contributed by atoms with van der Waals surface area (Å²) in [6.07, 6.45) is 0.981. The van der Waals surface area contributed by atoms with E-state index in [9.17, 15) is 13.6 Å². The molecule has 0 radical (unpaired) electrons. The van der Waals surface area contributed by atoms with E-state index in [2.05, 4.69) is 5.32 Å². The highest BCUT2D eigenvalue weighted by Crippen LogP contribution is 2.09. The number of halogens is 2. The highest BCUT2D eigenvalue weighted by Gasteiger charge is 2.09. The molecule has 0 bridgehead atoms. The molecular weight excluding hydrogens is 240 g/mol. The lowest BCUT2D eigenvalue weighted by Gasteiger charge is -2.08. The molecule has 3 nitrogen and oxygen atoms in total. The molecule has 1 rings (SSSR count). The summed E-state index contributed by atoms with van der Waals surface area (Å²) in [5, 5.41) is 11.7. The first-order valence-electron chi connectivity index (χ1n) is 5.88. The predicted molar refractivity (Wildman–Crippen MR) is 64.3 cm³/mol. The van der Waals surface area contributed by atoms with Crippen molar-refractivity contribution >= 4 is 5.97 Å². The summed E-state index contributed by atoms with van der Waals surface area (Å²) in [4.78, 5) is 10.5. The van der Waals surface area contributed by atoms with Gasteiger partial charge in [0.15, 0.2) is 0 Å². The summed E-state index contributed by atoms with van der Waals surface area (Å²) in [6.45, 7) is 2.74. The molecule has 0 heterocycles. The molecular formula is C13H17F2NO2. The van der Waals surface area contributed by atoms with Gasteiger partial charge in [0, 0.05) is 6.07 Å². The lowest BCUT2D eigenvalue weighted by atomic mass is 10.1. The van der Waals surface area contributed by atoms with Gasteiger partial charge in [-0.05, 0) is 37.6 Å². The Morgan fingerprint density at radius 1 is 1.39 bits per heavy atom. The molecule has 100 valence electrons. The standard InChI is InChI=1S/C13H17F2NO2/c1-9(13(17)18)4-6-16-7-5-10-2-3-11(14)8-12(10)15/h2-3,8-9,16H,4-7H2,1H3,(H,17,18). The number of carboxylic acids is 1. The minimum absolute atomic E-state index is 0.389. The van der Waals surface area contributed by atoms with Gasteiger partial charge in [0.05, 0.1) is 5.92 Å². The fourth-order valence-corrected chi connectivity index (χ4v) is 1.51. The van der Waals surface area contributed by atoms with Crippen molar-refractivity contribution in [3.8, 4) is 0 Å². The second-order valence-corrected chi connectivity index (χ2v) is 4.26. The van der Waals surface area contributed by atoms with Gasteiger partial charge in [0.25, 0.3) is 0 Å². The van der Waals surface area contributed by atoms with Gasteiger partial charge >= 0.3 is 5.97 Å². The summed E-state index contributed by atoms with van der Waals surface area (Å²) in [5.41, 5.74) is 0.454. The first-order valence-corrected chi connectivity index (χ1v) is 5.88. The van der Waals surface area contributed by atoms with Crippen LogP contribution in [0, 0.1) is 17.6 Å². The maximum atomic E-state index is 13.2. The summed E-state index contributed by atoms with van der Waals surface area (Å²) in [6, 6.07) is 3.51. The second kappa shape index (κ2) is 7.06. The van der Waals surface area contributed by atoms with Crippen LogP contribution < -0.4 is 5.32 Å². The number of benzene rings is 1. The van der Waals surface area contributed by atoms with E-state index in [-0.39, 0.29) is 5.92 Å². The monoisotopic (exact) mass is 257 g/mol. The van der Waals surface area contributed by atoms with Crippen molar-refractivity contribution in [2.75, 3.05) is 13.1 Å². The van der Waals surface area contributed by atoms with Crippen molar-refractivity contribution in [3.05, 3.63) is 35.4 Å². The van der Waals surface area contributed by atoms with Crippen molar-refractivity contribution in [1.82, 2.24) is 5.32 Å². The number of carboxylic acid groups (broad SMARTS) is 1. The lowest BCUT2D eigenvalue weighted by Crippen LogP contribution is -2.22. The van der Waals surface area contributed by atoms with Crippen molar-refractivity contribution in [2.24, 2.45) is 5.92 Å². The molecule has 0 amide bonds. The molecule has 2 N–H and O–H groups in total. The molecule has 0 aliphatic rings. The van der Waals surface area contributed by atoms with E-state index in [1.807, 2.05) is 0 Å². The van der Waals surface area contributed by atoms with E-state index in [1.165, 1.54) is 12.1 Å². The Labute approximate surface area is 105 Å². The van der Waals surface area contributed by atoms with Crippen LogP contribution in [0.2, 0.25) is 0 Å². The summed E-state index contributed by atoms with van der Waals surface area (Å²) < 4.78 is 25.9. The number of rotatable bonds is 7. The SMILES string of the molecule is CC(CCNCCc1ccc(F)cc1F)C(=O)O. The average Bonchev–Trinajstić information content (AvgIpc) is 2.30. The Balaban J connectivity index is 2.24. The van der Waals surface area contributed by atoms with Gasteiger partial charge < -0.3 is 10.4 Å². The topological polar surface area (TPSA) is 49.3 Å². The average molecular weight is 257 g/mol. The zero-order valence-electron chi connectivity index (χ0n) is 10.2. The van der Waals surface area contributed by atoms with E-state index >= 15 is 0 Å². The van der Waals surface area contributed by atoms with Crippen LogP contribution in [-0.2, 0) is 11.2 Å². The van der Waals surface area contributed by atoms with Gasteiger partial charge in [0.2, 0.25) is 0 Å². The number of hydrogen-bond acceptors (Lipinski definition) is 2. The van der Waals surface area contributed by atoms with Crippen LogP contribution in [0.3, 0.4) is 0 Å². The van der Waals surface area contributed by atoms with Gasteiger partial charge in [-0.3, -0.25) is 4.79 Å². The minimum atomic E-state index is -0.818. The van der Waals surface area contributed by atoms with E-state index in [0.717, 1.165) is 6.07 Å². The number of aliphatic carboxylic acids is 1. The van der Waals surface area contributed by atoms with E-state index in [0.29, 0.717) is 31.5 Å². The molecule has 0 aliphatic heterocycles. The quantitative estimate of drug-likeness (QED) is 0.736. The number of hydrogen-bond donors (Lipinski definition) is 2. The Hall–Kier alpha value is -1.49. The van der Waals surface area contributed by atoms with Crippen molar-refractivity contribution in [3.63, 3.8) is 0 Å². The highest BCUT2D eigenvalue weighted by atomic mass is 19.1. The van der Waals surface area contributed by atoms with Crippen LogP contribution >= 0.6 is 0 Å². The molecule has 0 aromatic heterocycles. The first kappa shape index (κ1) is 14.6. The Morgan fingerprint density at radius 3 is 2.72 bits per heavy atom. The fourth-order valence-electron chi connectivity index (χ4n) is 1.51. The zero-order chi connectivity index (χ0) is 13.5. The molecule has 18 heavy (non-hydrogen) atoms. The second-order valence-electron chi connectivity index (χ2n) is 4.26. The Kier molecular flexibility index (Phi) is 5.71. The molecule has 5 heteroatoms. The summed E-state index contributed by atoms with van der Waals surface area (Å²) in [5.74, 6) is -2.34. The molecule has 0 aliphatic carbocycles. The van der Waals surface area contributed by atoms with Crippen LogP contribution in [0.4, 0.5) is 8.78 Å². The van der Waals surface area contributed by atoms with Crippen LogP contribution in [0.5, 0.6) is 0 Å². The van der Waals surface area contributed by atoms with Gasteiger partial charge in [-0.25, -0.2) is 8.78 Å². The van der Waals surface area contributed by atoms with Gasteiger partial charge in [0.1, 0.15) is 11.6 Å². The van der Waals surface area contributed by atoms with Crippen molar-refractivity contribution in [2.45, 2.75) is 19.8 Å². The van der Waals surface area contributed by atoms with E-state index < -0.39 is 17.6 Å². The largest absolute Gasteiger partial charge is 0.481 e. The minimum Gasteiger partial charge on any atom is -0.481 e. The third-order valence-electron chi connectivity index (χ3n) is 2.76. The van der Waals surface area contributed by atoms with Crippen LogP contribution in [-0.4, -0.2) is 24.2 Å². The third kappa shape index (κ3) is 4.79. The van der Waals surface area contributed by atoms with Gasteiger partial charge in [-0.15, -0.1) is 0 Å². The zero-order valence-corrected chi connectivity index (χ0v) is 10.2. The molecule has 1 aromatic rings. The molecule has 0 spiro atoms. The number of carbonyl (C=O) groups is 1. The number of nitrogens with one attached hydrogen (secondary N) is 1. The Bertz CT molecular complexity index is 410. The molecule has 1 unspecified atom stereocenters. The van der Waals surface area contributed by atoms with Crippen LogP contribution in [0.1, 0.15) is 18.9 Å². The van der Waals surface area contributed by atoms with E-state index in [1.54, 1.807) is 6.92 Å². The van der Waals surface area contributed by atoms with Crippen LogP contribution in [0.15, 0.2) is 18.2 Å². The smallest absolute Gasteiger partial charge is 0.306 e.